The topological polar surface area (TPSA) is 74.4 Å². The predicted octanol–water partition coefficient (Wildman–Crippen LogP) is 5.45. The molecule has 9 heteroatoms. The first-order valence-electron chi connectivity index (χ1n) is 12.8. The van der Waals surface area contributed by atoms with Gasteiger partial charge in [0.25, 0.3) is 0 Å². The van der Waals surface area contributed by atoms with Crippen molar-refractivity contribution in [1.82, 2.24) is 24.2 Å². The van der Waals surface area contributed by atoms with E-state index in [9.17, 15) is 4.79 Å². The Hall–Kier alpha value is -3.56. The molecule has 0 fully saturated rings. The number of aromatic nitrogens is 4. The summed E-state index contributed by atoms with van der Waals surface area (Å²) in [5.74, 6) is 2.71. The van der Waals surface area contributed by atoms with Crippen LogP contribution < -0.4 is 9.47 Å². The van der Waals surface area contributed by atoms with Gasteiger partial charge in [-0.1, -0.05) is 49.0 Å². The minimum atomic E-state index is 0.0607. The number of Topliss-reactive ketones (excluding diaryl/α,β-unsaturated/α-hetero) is 1. The summed E-state index contributed by atoms with van der Waals surface area (Å²) >= 11 is 1.44. The molecular formula is C29H33N5O3S. The van der Waals surface area contributed by atoms with Gasteiger partial charge in [0.2, 0.25) is 6.79 Å². The molecule has 5 rings (SSSR count). The third-order valence-electron chi connectivity index (χ3n) is 6.92. The van der Waals surface area contributed by atoms with E-state index in [0.717, 1.165) is 46.0 Å². The standard InChI is InChI=1S/C29H33N5O3S/c1-6-24(32(4)5)28-30-31-29(33(28)16-21-10-8-7-9-11-21)38-17-25(35)23-14-19(2)34(20(23)3)22-12-13-26-27(15-22)37-18-36-26/h7-15,24H,6,16-18H2,1-5H3. The van der Waals surface area contributed by atoms with Crippen LogP contribution in [-0.4, -0.2) is 56.7 Å². The molecule has 3 heterocycles. The summed E-state index contributed by atoms with van der Waals surface area (Å²) < 4.78 is 15.2. The van der Waals surface area contributed by atoms with Crippen molar-refractivity contribution in [3.63, 3.8) is 0 Å². The number of benzene rings is 2. The molecule has 0 saturated carbocycles. The normalized spacial score (nSPS) is 13.3. The average molecular weight is 532 g/mol. The van der Waals surface area contributed by atoms with Crippen molar-refractivity contribution in [2.24, 2.45) is 0 Å². The summed E-state index contributed by atoms with van der Waals surface area (Å²) in [6, 6.07) is 18.2. The predicted molar refractivity (Wildman–Crippen MR) is 149 cm³/mol. The van der Waals surface area contributed by atoms with Gasteiger partial charge in [0.05, 0.1) is 18.3 Å². The van der Waals surface area contributed by atoms with E-state index in [2.05, 4.69) is 57.4 Å². The Morgan fingerprint density at radius 3 is 2.55 bits per heavy atom. The lowest BCUT2D eigenvalue weighted by molar-refractivity contribution is 0.102. The summed E-state index contributed by atoms with van der Waals surface area (Å²) in [6.45, 7) is 7.03. The Morgan fingerprint density at radius 2 is 1.82 bits per heavy atom. The molecule has 0 spiro atoms. The van der Waals surface area contributed by atoms with E-state index in [1.54, 1.807) is 0 Å². The SMILES string of the molecule is CCC(c1nnc(SCC(=O)c2cc(C)n(-c3ccc4c(c3)OCO4)c2C)n1Cc1ccccc1)N(C)C. The molecule has 0 saturated heterocycles. The maximum absolute atomic E-state index is 13.5. The number of nitrogens with zero attached hydrogens (tertiary/aromatic N) is 5. The van der Waals surface area contributed by atoms with Gasteiger partial charge >= 0.3 is 0 Å². The fourth-order valence-corrected chi connectivity index (χ4v) is 5.85. The van der Waals surface area contributed by atoms with Crippen molar-refractivity contribution in [2.75, 3.05) is 26.6 Å². The molecule has 1 unspecified atom stereocenters. The molecule has 0 bridgehead atoms. The fraction of sp³-hybridized carbons (Fsp3) is 0.345. The zero-order valence-electron chi connectivity index (χ0n) is 22.5. The largest absolute Gasteiger partial charge is 0.454 e. The number of hydrogen-bond acceptors (Lipinski definition) is 7. The highest BCUT2D eigenvalue weighted by atomic mass is 32.2. The highest BCUT2D eigenvalue weighted by Gasteiger charge is 2.24. The van der Waals surface area contributed by atoms with Crippen LogP contribution in [0.4, 0.5) is 0 Å². The van der Waals surface area contributed by atoms with Crippen LogP contribution in [0.5, 0.6) is 11.5 Å². The monoisotopic (exact) mass is 531 g/mol. The molecule has 0 radical (unpaired) electrons. The summed E-state index contributed by atoms with van der Waals surface area (Å²) in [7, 11) is 4.11. The van der Waals surface area contributed by atoms with Crippen LogP contribution in [0.25, 0.3) is 5.69 Å². The average Bonchev–Trinajstić information content (AvgIpc) is 3.61. The van der Waals surface area contributed by atoms with Crippen molar-refractivity contribution < 1.29 is 14.3 Å². The van der Waals surface area contributed by atoms with E-state index in [1.165, 1.54) is 17.3 Å². The molecule has 1 aliphatic heterocycles. The number of rotatable bonds is 10. The Kier molecular flexibility index (Phi) is 7.58. The number of hydrogen-bond donors (Lipinski definition) is 0. The van der Waals surface area contributed by atoms with Gasteiger partial charge in [0, 0.05) is 28.7 Å². The molecule has 4 aromatic rings. The first-order chi connectivity index (χ1) is 18.4. The minimum absolute atomic E-state index is 0.0607. The summed E-state index contributed by atoms with van der Waals surface area (Å²) in [6.07, 6.45) is 0.912. The molecule has 2 aromatic carbocycles. The van der Waals surface area contributed by atoms with Gasteiger partial charge in [0.15, 0.2) is 28.3 Å². The molecule has 0 aliphatic carbocycles. The molecule has 0 N–H and O–H groups in total. The van der Waals surface area contributed by atoms with E-state index in [-0.39, 0.29) is 24.4 Å². The molecule has 0 amide bonds. The van der Waals surface area contributed by atoms with Crippen molar-refractivity contribution in [1.29, 1.82) is 0 Å². The van der Waals surface area contributed by atoms with Crippen molar-refractivity contribution in [3.8, 4) is 17.2 Å². The highest BCUT2D eigenvalue weighted by Crippen LogP contribution is 2.35. The van der Waals surface area contributed by atoms with Crippen molar-refractivity contribution in [2.45, 2.75) is 44.9 Å². The Morgan fingerprint density at radius 1 is 1.05 bits per heavy atom. The third-order valence-corrected chi connectivity index (χ3v) is 7.88. The van der Waals surface area contributed by atoms with Crippen LogP contribution >= 0.6 is 11.8 Å². The second-order valence-electron chi connectivity index (χ2n) is 9.67. The molecule has 1 aliphatic rings. The number of ketones is 1. The van der Waals surface area contributed by atoms with Gasteiger partial charge in [-0.3, -0.25) is 9.69 Å². The highest BCUT2D eigenvalue weighted by molar-refractivity contribution is 7.99. The van der Waals surface area contributed by atoms with Gasteiger partial charge < -0.3 is 18.6 Å². The molecule has 1 atom stereocenters. The quantitative estimate of drug-likeness (QED) is 0.199. The summed E-state index contributed by atoms with van der Waals surface area (Å²) in [5, 5.41) is 9.85. The maximum Gasteiger partial charge on any atom is 0.231 e. The first kappa shape index (κ1) is 26.1. The third kappa shape index (κ3) is 5.08. The van der Waals surface area contributed by atoms with E-state index in [1.807, 2.05) is 56.3 Å². The Labute approximate surface area is 227 Å². The van der Waals surface area contributed by atoms with Gasteiger partial charge in [-0.2, -0.15) is 0 Å². The van der Waals surface area contributed by atoms with Gasteiger partial charge in [0.1, 0.15) is 0 Å². The van der Waals surface area contributed by atoms with E-state index >= 15 is 0 Å². The molecule has 2 aromatic heterocycles. The van der Waals surface area contributed by atoms with Gasteiger partial charge in [-0.15, -0.1) is 10.2 Å². The second-order valence-corrected chi connectivity index (χ2v) is 10.6. The van der Waals surface area contributed by atoms with Crippen molar-refractivity contribution >= 4 is 17.5 Å². The lowest BCUT2D eigenvalue weighted by atomic mass is 10.2. The van der Waals surface area contributed by atoms with Crippen LogP contribution in [0.1, 0.15) is 52.5 Å². The zero-order chi connectivity index (χ0) is 26.8. The minimum Gasteiger partial charge on any atom is -0.454 e. The lowest BCUT2D eigenvalue weighted by Crippen LogP contribution is -2.23. The zero-order valence-corrected chi connectivity index (χ0v) is 23.3. The molecule has 198 valence electrons. The van der Waals surface area contributed by atoms with Crippen LogP contribution in [-0.2, 0) is 6.54 Å². The lowest BCUT2D eigenvalue weighted by Gasteiger charge is -2.23. The smallest absolute Gasteiger partial charge is 0.231 e. The van der Waals surface area contributed by atoms with Crippen LogP contribution in [0.2, 0.25) is 0 Å². The molecule has 38 heavy (non-hydrogen) atoms. The number of fused-ring (bicyclic) bond motifs is 1. The number of thioether (sulfide) groups is 1. The van der Waals surface area contributed by atoms with E-state index in [4.69, 9.17) is 9.47 Å². The second kappa shape index (κ2) is 11.0. The summed E-state index contributed by atoms with van der Waals surface area (Å²) in [5.41, 5.74) is 4.71. The van der Waals surface area contributed by atoms with Gasteiger partial charge in [-0.05, 0) is 58.1 Å². The van der Waals surface area contributed by atoms with E-state index in [0.29, 0.717) is 12.1 Å². The van der Waals surface area contributed by atoms with Gasteiger partial charge in [-0.25, -0.2) is 0 Å². The van der Waals surface area contributed by atoms with Crippen molar-refractivity contribution in [3.05, 3.63) is 82.9 Å². The fourth-order valence-electron chi connectivity index (χ4n) is 5.02. The molecular weight excluding hydrogens is 498 g/mol. The first-order valence-corrected chi connectivity index (χ1v) is 13.7. The number of carbonyl (C=O) groups is 1. The summed E-state index contributed by atoms with van der Waals surface area (Å²) in [4.78, 5) is 15.6. The number of carbonyl (C=O) groups excluding carboxylic acids is 1. The van der Waals surface area contributed by atoms with Crippen LogP contribution in [0, 0.1) is 13.8 Å². The van der Waals surface area contributed by atoms with Crippen LogP contribution in [0.15, 0.2) is 59.8 Å². The van der Waals surface area contributed by atoms with E-state index < -0.39 is 0 Å². The number of aryl methyl sites for hydroxylation is 1. The Bertz CT molecular complexity index is 1440. The number of ether oxygens (including phenoxy) is 2. The molecule has 8 nitrogen and oxygen atoms in total. The maximum atomic E-state index is 13.5. The van der Waals surface area contributed by atoms with Crippen LogP contribution in [0.3, 0.4) is 0 Å². The Balaban J connectivity index is 1.39.